The van der Waals surface area contributed by atoms with Crippen LogP contribution in [0.1, 0.15) is 115 Å². The van der Waals surface area contributed by atoms with Crippen molar-refractivity contribution < 1.29 is 14.6 Å². The first-order valence-corrected chi connectivity index (χ1v) is 11.4. The molecule has 0 aromatic heterocycles. The first kappa shape index (κ1) is 25.5. The van der Waals surface area contributed by atoms with Crippen LogP contribution in [0.5, 0.6) is 5.75 Å². The summed E-state index contributed by atoms with van der Waals surface area (Å²) in [6.07, 6.45) is 7.22. The number of hydrogen-bond acceptors (Lipinski definition) is 3. The minimum atomic E-state index is -0.265. The summed E-state index contributed by atoms with van der Waals surface area (Å²) in [7, 11) is 0. The maximum Gasteiger partial charge on any atom is 0.338 e. The Hall–Kier alpha value is -1.51. The van der Waals surface area contributed by atoms with Crippen LogP contribution in [0.3, 0.4) is 0 Å². The molecule has 0 heterocycles. The molecule has 1 rings (SSSR count). The number of phenolic OH excluding ortho intramolecular Hbond substituents is 1. The second kappa shape index (κ2) is 11.0. The van der Waals surface area contributed by atoms with Gasteiger partial charge in [-0.3, -0.25) is 0 Å². The Bertz CT molecular complexity index is 602. The van der Waals surface area contributed by atoms with Gasteiger partial charge in [-0.05, 0) is 72.6 Å². The summed E-state index contributed by atoms with van der Waals surface area (Å²) in [6.45, 7) is 17.4. The van der Waals surface area contributed by atoms with Gasteiger partial charge in [0.15, 0.2) is 0 Å². The first-order valence-electron chi connectivity index (χ1n) is 11.4. The quantitative estimate of drug-likeness (QED) is 0.411. The molecule has 0 aliphatic rings. The molecule has 0 spiro atoms. The van der Waals surface area contributed by atoms with E-state index >= 15 is 0 Å². The largest absolute Gasteiger partial charge is 0.507 e. The lowest BCUT2D eigenvalue weighted by molar-refractivity contribution is 0.00829. The Balaban J connectivity index is 3.15. The Kier molecular flexibility index (Phi) is 9.71. The van der Waals surface area contributed by atoms with Crippen molar-refractivity contribution in [2.75, 3.05) is 0 Å². The zero-order valence-electron chi connectivity index (χ0n) is 20.2. The van der Waals surface area contributed by atoms with Crippen molar-refractivity contribution in [2.24, 2.45) is 10.8 Å². The number of hydrogen-bond donors (Lipinski definition) is 1. The van der Waals surface area contributed by atoms with Crippen LogP contribution < -0.4 is 0 Å². The van der Waals surface area contributed by atoms with Gasteiger partial charge in [0.2, 0.25) is 0 Å². The van der Waals surface area contributed by atoms with E-state index in [4.69, 9.17) is 4.74 Å². The molecule has 166 valence electrons. The first-order chi connectivity index (χ1) is 13.4. The van der Waals surface area contributed by atoms with Crippen molar-refractivity contribution in [2.45, 2.75) is 113 Å². The van der Waals surface area contributed by atoms with Gasteiger partial charge in [0.25, 0.3) is 0 Å². The van der Waals surface area contributed by atoms with Crippen LogP contribution in [0.15, 0.2) is 12.1 Å². The lowest BCUT2D eigenvalue weighted by atomic mass is 9.82. The average Bonchev–Trinajstić information content (AvgIpc) is 2.56. The van der Waals surface area contributed by atoms with Crippen molar-refractivity contribution in [3.05, 3.63) is 28.8 Å². The van der Waals surface area contributed by atoms with E-state index in [1.54, 1.807) is 0 Å². The third-order valence-corrected chi connectivity index (χ3v) is 5.06. The number of carbonyl (C=O) groups excluding carboxylic acids is 1. The van der Waals surface area contributed by atoms with Gasteiger partial charge in [0.05, 0.1) is 5.56 Å². The normalized spacial score (nSPS) is 12.4. The van der Waals surface area contributed by atoms with Gasteiger partial charge in [-0.15, -0.1) is 0 Å². The molecule has 3 heteroatoms. The Morgan fingerprint density at radius 1 is 0.897 bits per heavy atom. The van der Waals surface area contributed by atoms with E-state index in [-0.39, 0.29) is 22.9 Å². The summed E-state index contributed by atoms with van der Waals surface area (Å²) in [4.78, 5) is 13.1. The molecule has 0 aliphatic carbocycles. The fraction of sp³-hybridized carbons (Fsp3) is 0.731. The van der Waals surface area contributed by atoms with Crippen LogP contribution in [0.2, 0.25) is 0 Å². The van der Waals surface area contributed by atoms with Crippen LogP contribution in [-0.4, -0.2) is 17.2 Å². The molecule has 0 saturated heterocycles. The maximum atomic E-state index is 13.1. The minimum absolute atomic E-state index is 0.0870. The zero-order chi connectivity index (χ0) is 22.2. The van der Waals surface area contributed by atoms with Crippen molar-refractivity contribution in [1.29, 1.82) is 0 Å². The lowest BCUT2D eigenvalue weighted by Crippen LogP contribution is -2.28. The predicted octanol–water partition coefficient (Wildman–Crippen LogP) is 7.48. The summed E-state index contributed by atoms with van der Waals surface area (Å²) in [6, 6.07) is 3.68. The van der Waals surface area contributed by atoms with E-state index in [2.05, 4.69) is 55.4 Å². The summed E-state index contributed by atoms with van der Waals surface area (Å²) in [5.41, 5.74) is 2.49. The number of carbonyl (C=O) groups is 1. The van der Waals surface area contributed by atoms with E-state index in [9.17, 15) is 9.90 Å². The number of aryl methyl sites for hydroxylation is 2. The summed E-state index contributed by atoms with van der Waals surface area (Å²) in [5.74, 6) is 0.100. The third-order valence-electron chi connectivity index (χ3n) is 5.06. The fourth-order valence-corrected chi connectivity index (χ4v) is 3.73. The Morgan fingerprint density at radius 3 is 1.66 bits per heavy atom. The highest BCUT2D eigenvalue weighted by atomic mass is 16.5. The average molecular weight is 405 g/mol. The molecular weight excluding hydrogens is 360 g/mol. The van der Waals surface area contributed by atoms with Gasteiger partial charge < -0.3 is 9.84 Å². The second-order valence-electron chi connectivity index (χ2n) is 10.9. The van der Waals surface area contributed by atoms with E-state index < -0.39 is 0 Å². The van der Waals surface area contributed by atoms with Gasteiger partial charge >= 0.3 is 5.97 Å². The molecule has 0 amide bonds. The van der Waals surface area contributed by atoms with Gasteiger partial charge in [-0.25, -0.2) is 4.79 Å². The molecule has 0 bridgehead atoms. The van der Waals surface area contributed by atoms with Crippen molar-refractivity contribution in [1.82, 2.24) is 0 Å². The molecule has 1 aromatic carbocycles. The Morgan fingerprint density at radius 2 is 1.31 bits per heavy atom. The summed E-state index contributed by atoms with van der Waals surface area (Å²) in [5, 5.41) is 10.7. The Labute approximate surface area is 179 Å². The predicted molar refractivity (Wildman–Crippen MR) is 123 cm³/mol. The number of benzene rings is 1. The van der Waals surface area contributed by atoms with E-state index in [1.807, 2.05) is 12.1 Å². The molecule has 0 saturated carbocycles. The number of phenols is 1. The van der Waals surface area contributed by atoms with Gasteiger partial charge in [-0.2, -0.15) is 0 Å². The minimum Gasteiger partial charge on any atom is -0.507 e. The van der Waals surface area contributed by atoms with E-state index in [1.165, 1.54) is 0 Å². The fourth-order valence-electron chi connectivity index (χ4n) is 3.73. The third kappa shape index (κ3) is 9.69. The van der Waals surface area contributed by atoms with E-state index in [0.717, 1.165) is 62.5 Å². The molecule has 0 fully saturated rings. The summed E-state index contributed by atoms with van der Waals surface area (Å²) < 4.78 is 6.03. The van der Waals surface area contributed by atoms with Gasteiger partial charge in [0.1, 0.15) is 11.9 Å². The van der Waals surface area contributed by atoms with Crippen LogP contribution >= 0.6 is 0 Å². The molecule has 3 nitrogen and oxygen atoms in total. The molecule has 0 radical (unpaired) electrons. The molecule has 1 N–H and O–H groups in total. The molecule has 0 unspecified atom stereocenters. The van der Waals surface area contributed by atoms with Gasteiger partial charge in [-0.1, -0.05) is 68.2 Å². The SMILES string of the molecule is CCCCc1cc(C(=O)OC(CC(C)(C)C)CC(C)(C)C)cc(CCCC)c1O. The van der Waals surface area contributed by atoms with Crippen molar-refractivity contribution in [3.63, 3.8) is 0 Å². The van der Waals surface area contributed by atoms with Crippen LogP contribution in [0.4, 0.5) is 0 Å². The smallest absolute Gasteiger partial charge is 0.338 e. The van der Waals surface area contributed by atoms with Crippen molar-refractivity contribution in [3.8, 4) is 5.75 Å². The van der Waals surface area contributed by atoms with Gasteiger partial charge in [0, 0.05) is 0 Å². The molecule has 1 aromatic rings. The van der Waals surface area contributed by atoms with Crippen LogP contribution in [0, 0.1) is 10.8 Å². The molecule has 0 aliphatic heterocycles. The molecule has 0 atom stereocenters. The monoisotopic (exact) mass is 404 g/mol. The second-order valence-corrected chi connectivity index (χ2v) is 10.9. The standard InChI is InChI=1S/C26H44O3/c1-9-11-13-19-15-21(16-20(23(19)27)14-12-10-2)24(28)29-22(17-25(3,4)5)18-26(6,7)8/h15-16,22,27H,9-14,17-18H2,1-8H3. The maximum absolute atomic E-state index is 13.1. The zero-order valence-corrected chi connectivity index (χ0v) is 20.2. The summed E-state index contributed by atoms with van der Waals surface area (Å²) >= 11 is 0. The lowest BCUT2D eigenvalue weighted by Gasteiger charge is -2.31. The number of esters is 1. The number of rotatable bonds is 10. The van der Waals surface area contributed by atoms with Crippen molar-refractivity contribution >= 4 is 5.97 Å². The van der Waals surface area contributed by atoms with E-state index in [0.29, 0.717) is 11.3 Å². The number of ether oxygens (including phenoxy) is 1. The molecular formula is C26H44O3. The number of unbranched alkanes of at least 4 members (excludes halogenated alkanes) is 2. The van der Waals surface area contributed by atoms with Crippen LogP contribution in [0.25, 0.3) is 0 Å². The topological polar surface area (TPSA) is 46.5 Å². The molecule has 29 heavy (non-hydrogen) atoms. The van der Waals surface area contributed by atoms with Crippen LogP contribution in [-0.2, 0) is 17.6 Å². The highest BCUT2D eigenvalue weighted by molar-refractivity contribution is 5.90. The number of aromatic hydroxyl groups is 1. The highest BCUT2D eigenvalue weighted by Gasteiger charge is 2.27. The highest BCUT2D eigenvalue weighted by Crippen LogP contribution is 2.32.